The van der Waals surface area contributed by atoms with Crippen LogP contribution in [-0.2, 0) is 16.0 Å². The summed E-state index contributed by atoms with van der Waals surface area (Å²) < 4.78 is 10.7. The second kappa shape index (κ2) is 10.1. The van der Waals surface area contributed by atoms with E-state index in [2.05, 4.69) is 10.3 Å². The Labute approximate surface area is 209 Å². The molecule has 2 unspecified atom stereocenters. The number of hydrogen-bond donors (Lipinski definition) is 2. The van der Waals surface area contributed by atoms with Gasteiger partial charge >= 0.3 is 0 Å². The van der Waals surface area contributed by atoms with Crippen molar-refractivity contribution in [2.45, 2.75) is 18.9 Å². The fraction of sp³-hybridized carbons (Fsp3) is 0.250. The number of aromatic amines is 1. The molecule has 2 amide bonds. The highest BCUT2D eigenvalue weighted by molar-refractivity contribution is 6.00. The van der Waals surface area contributed by atoms with Crippen LogP contribution in [0.25, 0.3) is 11.0 Å². The van der Waals surface area contributed by atoms with E-state index >= 15 is 0 Å². The van der Waals surface area contributed by atoms with Gasteiger partial charge in [0.2, 0.25) is 11.8 Å². The Hall–Kier alpha value is -4.33. The summed E-state index contributed by atoms with van der Waals surface area (Å²) in [7, 11) is 3.11. The summed E-state index contributed by atoms with van der Waals surface area (Å²) in [5.41, 5.74) is 3.51. The zero-order valence-electron chi connectivity index (χ0n) is 20.2. The first-order chi connectivity index (χ1) is 17.6. The maximum atomic E-state index is 13.4. The lowest BCUT2D eigenvalue weighted by Gasteiger charge is -2.21. The molecule has 1 fully saturated rings. The van der Waals surface area contributed by atoms with E-state index in [9.17, 15) is 9.59 Å². The second-order valence-electron chi connectivity index (χ2n) is 8.83. The van der Waals surface area contributed by atoms with Crippen molar-refractivity contribution in [1.29, 1.82) is 0 Å². The molecule has 3 aromatic carbocycles. The maximum absolute atomic E-state index is 13.4. The molecule has 2 heterocycles. The monoisotopic (exact) mass is 484 g/mol. The molecular weight excluding hydrogens is 456 g/mol. The number of carbonyl (C=O) groups excluding carboxylic acids is 2. The molecule has 2 N–H and O–H groups in total. The van der Waals surface area contributed by atoms with Crippen LogP contribution in [0.15, 0.2) is 72.8 Å². The number of para-hydroxylation sites is 2. The summed E-state index contributed by atoms with van der Waals surface area (Å²) >= 11 is 0. The SMILES string of the molecule is COc1ccc(N2CC(C(=O)NC(Cc3ccccc3)c3nc4ccccc4[nH]3)CC2=O)cc1OC. The molecule has 2 atom stereocenters. The molecule has 4 aromatic rings. The summed E-state index contributed by atoms with van der Waals surface area (Å²) in [6, 6.07) is 22.7. The van der Waals surface area contributed by atoms with Gasteiger partial charge in [0.25, 0.3) is 0 Å². The molecule has 0 radical (unpaired) electrons. The van der Waals surface area contributed by atoms with Crippen molar-refractivity contribution in [2.75, 3.05) is 25.7 Å². The Balaban J connectivity index is 1.36. The van der Waals surface area contributed by atoms with Crippen LogP contribution in [0.5, 0.6) is 11.5 Å². The molecule has 5 rings (SSSR count). The topological polar surface area (TPSA) is 96.5 Å². The largest absolute Gasteiger partial charge is 0.493 e. The quantitative estimate of drug-likeness (QED) is 0.394. The summed E-state index contributed by atoms with van der Waals surface area (Å²) in [5, 5.41) is 3.16. The number of anilines is 1. The molecule has 1 aliphatic heterocycles. The van der Waals surface area contributed by atoms with Gasteiger partial charge in [0, 0.05) is 24.7 Å². The van der Waals surface area contributed by atoms with Gasteiger partial charge < -0.3 is 24.7 Å². The number of fused-ring (bicyclic) bond motifs is 1. The average molecular weight is 485 g/mol. The number of imidazole rings is 1. The predicted octanol–water partition coefficient (Wildman–Crippen LogP) is 4.03. The minimum Gasteiger partial charge on any atom is -0.493 e. The maximum Gasteiger partial charge on any atom is 0.227 e. The Bertz CT molecular complexity index is 1350. The van der Waals surface area contributed by atoms with Crippen LogP contribution in [-0.4, -0.2) is 42.5 Å². The van der Waals surface area contributed by atoms with Crippen molar-refractivity contribution in [3.05, 3.63) is 84.2 Å². The molecule has 1 aromatic heterocycles. The average Bonchev–Trinajstić information content (AvgIpc) is 3.52. The predicted molar refractivity (Wildman–Crippen MR) is 137 cm³/mol. The van der Waals surface area contributed by atoms with Gasteiger partial charge in [0.15, 0.2) is 11.5 Å². The fourth-order valence-corrected chi connectivity index (χ4v) is 4.62. The van der Waals surface area contributed by atoms with E-state index in [0.717, 1.165) is 16.6 Å². The summed E-state index contributed by atoms with van der Waals surface area (Å²) in [6.45, 7) is 0.290. The number of benzene rings is 3. The number of amides is 2. The Morgan fingerprint density at radius 1 is 1.06 bits per heavy atom. The van der Waals surface area contributed by atoms with Crippen LogP contribution >= 0.6 is 0 Å². The van der Waals surface area contributed by atoms with Crippen LogP contribution in [0.1, 0.15) is 23.9 Å². The number of H-pyrrole nitrogens is 1. The van der Waals surface area contributed by atoms with E-state index < -0.39 is 5.92 Å². The third-order valence-electron chi connectivity index (χ3n) is 6.51. The summed E-state index contributed by atoms with van der Waals surface area (Å²) in [6.07, 6.45) is 0.713. The molecule has 184 valence electrons. The Morgan fingerprint density at radius 2 is 1.81 bits per heavy atom. The van der Waals surface area contributed by atoms with Crippen LogP contribution < -0.4 is 19.7 Å². The summed E-state index contributed by atoms with van der Waals surface area (Å²) in [5.74, 6) is 1.04. The number of carbonyl (C=O) groups is 2. The molecule has 0 aliphatic carbocycles. The highest BCUT2D eigenvalue weighted by atomic mass is 16.5. The smallest absolute Gasteiger partial charge is 0.227 e. The van der Waals surface area contributed by atoms with E-state index in [1.165, 1.54) is 0 Å². The zero-order valence-corrected chi connectivity index (χ0v) is 20.2. The fourth-order valence-electron chi connectivity index (χ4n) is 4.62. The van der Waals surface area contributed by atoms with Gasteiger partial charge in [-0.05, 0) is 36.2 Å². The Morgan fingerprint density at radius 3 is 2.56 bits per heavy atom. The first-order valence-corrected chi connectivity index (χ1v) is 11.9. The van der Waals surface area contributed by atoms with Crippen LogP contribution in [0, 0.1) is 5.92 Å². The van der Waals surface area contributed by atoms with Gasteiger partial charge in [-0.2, -0.15) is 0 Å². The van der Waals surface area contributed by atoms with Gasteiger partial charge in [-0.15, -0.1) is 0 Å². The third-order valence-corrected chi connectivity index (χ3v) is 6.51. The van der Waals surface area contributed by atoms with E-state index in [0.29, 0.717) is 36.0 Å². The minimum absolute atomic E-state index is 0.106. The van der Waals surface area contributed by atoms with E-state index in [1.54, 1.807) is 37.3 Å². The molecule has 36 heavy (non-hydrogen) atoms. The Kier molecular flexibility index (Phi) is 6.58. The van der Waals surface area contributed by atoms with E-state index in [4.69, 9.17) is 14.5 Å². The highest BCUT2D eigenvalue weighted by Crippen LogP contribution is 2.34. The number of nitrogens with zero attached hydrogens (tertiary/aromatic N) is 2. The number of aromatic nitrogens is 2. The first-order valence-electron chi connectivity index (χ1n) is 11.9. The zero-order chi connectivity index (χ0) is 25.1. The molecule has 1 saturated heterocycles. The summed E-state index contributed by atoms with van der Waals surface area (Å²) in [4.78, 5) is 36.0. The minimum atomic E-state index is -0.478. The first kappa shape index (κ1) is 23.4. The lowest BCUT2D eigenvalue weighted by molar-refractivity contribution is -0.127. The number of hydrogen-bond acceptors (Lipinski definition) is 5. The van der Waals surface area contributed by atoms with E-state index in [1.807, 2.05) is 54.6 Å². The molecule has 8 heteroatoms. The molecule has 8 nitrogen and oxygen atoms in total. The van der Waals surface area contributed by atoms with Gasteiger partial charge in [0.1, 0.15) is 5.82 Å². The molecule has 0 saturated carbocycles. The standard InChI is InChI=1S/C28H28N4O4/c1-35-24-13-12-20(16-25(24)36-2)32-17-19(15-26(32)33)28(34)31-23(14-18-8-4-3-5-9-18)27-29-21-10-6-7-11-22(21)30-27/h3-13,16,19,23H,14-15,17H2,1-2H3,(H,29,30)(H,31,34). The van der Waals surface area contributed by atoms with Crippen LogP contribution in [0.4, 0.5) is 5.69 Å². The number of nitrogens with one attached hydrogen (secondary N) is 2. The van der Waals surface area contributed by atoms with Crippen molar-refractivity contribution in [2.24, 2.45) is 5.92 Å². The second-order valence-corrected chi connectivity index (χ2v) is 8.83. The van der Waals surface area contributed by atoms with Gasteiger partial charge in [-0.25, -0.2) is 4.98 Å². The number of methoxy groups -OCH3 is 2. The molecule has 1 aliphatic rings. The van der Waals surface area contributed by atoms with Crippen molar-refractivity contribution in [3.63, 3.8) is 0 Å². The lowest BCUT2D eigenvalue weighted by Crippen LogP contribution is -2.37. The molecular formula is C28H28N4O4. The van der Waals surface area contributed by atoms with Crippen molar-refractivity contribution in [3.8, 4) is 11.5 Å². The van der Waals surface area contributed by atoms with Gasteiger partial charge in [-0.1, -0.05) is 42.5 Å². The van der Waals surface area contributed by atoms with Gasteiger partial charge in [0.05, 0.1) is 37.2 Å². The molecule has 0 spiro atoms. The van der Waals surface area contributed by atoms with Crippen LogP contribution in [0.3, 0.4) is 0 Å². The normalized spacial score (nSPS) is 16.2. The van der Waals surface area contributed by atoms with Crippen molar-refractivity contribution in [1.82, 2.24) is 15.3 Å². The van der Waals surface area contributed by atoms with Gasteiger partial charge in [-0.3, -0.25) is 9.59 Å². The lowest BCUT2D eigenvalue weighted by atomic mass is 10.0. The van der Waals surface area contributed by atoms with Crippen molar-refractivity contribution < 1.29 is 19.1 Å². The third kappa shape index (κ3) is 4.75. The molecule has 0 bridgehead atoms. The highest BCUT2D eigenvalue weighted by Gasteiger charge is 2.36. The van der Waals surface area contributed by atoms with Crippen LogP contribution in [0.2, 0.25) is 0 Å². The van der Waals surface area contributed by atoms with E-state index in [-0.39, 0.29) is 24.3 Å². The number of ether oxygens (including phenoxy) is 2. The van der Waals surface area contributed by atoms with Crippen molar-refractivity contribution >= 4 is 28.5 Å². The number of rotatable bonds is 8.